The van der Waals surface area contributed by atoms with Crippen LogP contribution >= 0.6 is 0 Å². The Kier molecular flexibility index (Phi) is 4.96. The van der Waals surface area contributed by atoms with Crippen LogP contribution in [0.3, 0.4) is 0 Å². The summed E-state index contributed by atoms with van der Waals surface area (Å²) in [5.41, 5.74) is 0. The van der Waals surface area contributed by atoms with Gasteiger partial charge in [-0.25, -0.2) is 9.97 Å². The van der Waals surface area contributed by atoms with Crippen molar-refractivity contribution >= 4 is 0 Å². The van der Waals surface area contributed by atoms with E-state index in [4.69, 9.17) is 0 Å². The molecule has 0 aromatic carbocycles. The van der Waals surface area contributed by atoms with Crippen molar-refractivity contribution < 1.29 is 0 Å². The molecule has 0 saturated heterocycles. The number of hydrogen-bond donors (Lipinski definition) is 1. The van der Waals surface area contributed by atoms with Gasteiger partial charge in [-0.3, -0.25) is 0 Å². The lowest BCUT2D eigenvalue weighted by molar-refractivity contribution is 0.541. The van der Waals surface area contributed by atoms with Gasteiger partial charge in [-0.05, 0) is 26.3 Å². The Balaban J connectivity index is 1.48. The van der Waals surface area contributed by atoms with Gasteiger partial charge in [-0.1, -0.05) is 0 Å². The summed E-state index contributed by atoms with van der Waals surface area (Å²) >= 11 is 0. The minimum atomic E-state index is 0.993. The molecule has 5 heteroatoms. The predicted molar refractivity (Wildman–Crippen MR) is 71.3 cm³/mol. The third-order valence-corrected chi connectivity index (χ3v) is 3.03. The van der Waals surface area contributed by atoms with E-state index in [9.17, 15) is 0 Å². The Morgan fingerprint density at radius 1 is 1.11 bits per heavy atom. The average Bonchev–Trinajstić information content (AvgIpc) is 3.00. The molecule has 0 atom stereocenters. The van der Waals surface area contributed by atoms with Crippen LogP contribution in [0.15, 0.2) is 31.1 Å². The molecule has 2 rings (SSSR count). The van der Waals surface area contributed by atoms with Gasteiger partial charge in [0, 0.05) is 44.4 Å². The maximum atomic E-state index is 4.20. The molecular weight excluding hydrogens is 226 g/mol. The van der Waals surface area contributed by atoms with Crippen molar-refractivity contribution in [1.29, 1.82) is 0 Å². The molecule has 0 saturated carbocycles. The summed E-state index contributed by atoms with van der Waals surface area (Å²) in [6, 6.07) is 0. The smallest absolute Gasteiger partial charge is 0.105 e. The molecule has 5 nitrogen and oxygen atoms in total. The zero-order chi connectivity index (χ0) is 12.6. The van der Waals surface area contributed by atoms with E-state index in [0.717, 1.165) is 32.0 Å². The summed E-state index contributed by atoms with van der Waals surface area (Å²) < 4.78 is 4.29. The number of imidazole rings is 2. The number of aromatic nitrogens is 4. The van der Waals surface area contributed by atoms with Gasteiger partial charge < -0.3 is 14.5 Å². The highest BCUT2D eigenvalue weighted by Crippen LogP contribution is 1.95. The lowest BCUT2D eigenvalue weighted by Gasteiger charge is -2.07. The van der Waals surface area contributed by atoms with E-state index in [1.807, 2.05) is 38.0 Å². The molecule has 0 fully saturated rings. The van der Waals surface area contributed by atoms with Crippen molar-refractivity contribution in [1.82, 2.24) is 24.4 Å². The summed E-state index contributed by atoms with van der Waals surface area (Å²) in [7, 11) is 0. The molecule has 18 heavy (non-hydrogen) atoms. The molecule has 0 unspecified atom stereocenters. The van der Waals surface area contributed by atoms with Crippen molar-refractivity contribution in [3.05, 3.63) is 36.9 Å². The summed E-state index contributed by atoms with van der Waals surface area (Å²) in [5, 5.41) is 3.46. The molecule has 0 aliphatic carbocycles. The van der Waals surface area contributed by atoms with Crippen molar-refractivity contribution in [3.63, 3.8) is 0 Å². The number of aryl methyl sites for hydroxylation is 2. The van der Waals surface area contributed by atoms with E-state index < -0.39 is 0 Å². The Morgan fingerprint density at radius 3 is 2.78 bits per heavy atom. The highest BCUT2D eigenvalue weighted by atomic mass is 15.1. The largest absolute Gasteiger partial charge is 0.337 e. The van der Waals surface area contributed by atoms with Crippen LogP contribution in [0.5, 0.6) is 0 Å². The first-order chi connectivity index (χ1) is 8.86. The van der Waals surface area contributed by atoms with Crippen LogP contribution in [0.1, 0.15) is 18.7 Å². The van der Waals surface area contributed by atoms with Crippen LogP contribution in [0, 0.1) is 6.92 Å². The van der Waals surface area contributed by atoms with Gasteiger partial charge in [0.2, 0.25) is 0 Å². The summed E-state index contributed by atoms with van der Waals surface area (Å²) in [5.74, 6) is 1.08. The molecule has 0 bridgehead atoms. The van der Waals surface area contributed by atoms with Crippen molar-refractivity contribution in [3.8, 4) is 0 Å². The molecule has 2 aromatic heterocycles. The Morgan fingerprint density at radius 2 is 2.06 bits per heavy atom. The minimum Gasteiger partial charge on any atom is -0.337 e. The Hall–Kier alpha value is -1.62. The molecular formula is C13H21N5. The fourth-order valence-electron chi connectivity index (χ4n) is 1.93. The molecule has 2 heterocycles. The van der Waals surface area contributed by atoms with Gasteiger partial charge in [0.15, 0.2) is 0 Å². The first-order valence-corrected chi connectivity index (χ1v) is 6.50. The standard InChI is InChI=1S/C13H21N5/c1-13-16-7-11-18(13)10-6-14-4-2-3-8-17-9-5-15-12-17/h5,7,9,11-12,14H,2-4,6,8,10H2,1H3. The topological polar surface area (TPSA) is 47.7 Å². The zero-order valence-corrected chi connectivity index (χ0v) is 10.9. The molecule has 0 aliphatic rings. The third-order valence-electron chi connectivity index (χ3n) is 3.03. The molecule has 0 amide bonds. The minimum absolute atomic E-state index is 0.993. The van der Waals surface area contributed by atoms with Gasteiger partial charge in [0.05, 0.1) is 6.33 Å². The van der Waals surface area contributed by atoms with Crippen LogP contribution in [0.4, 0.5) is 0 Å². The van der Waals surface area contributed by atoms with Crippen molar-refractivity contribution in [2.24, 2.45) is 0 Å². The van der Waals surface area contributed by atoms with E-state index in [0.29, 0.717) is 0 Å². The van der Waals surface area contributed by atoms with E-state index in [2.05, 4.69) is 24.4 Å². The van der Waals surface area contributed by atoms with Crippen molar-refractivity contribution in [2.75, 3.05) is 13.1 Å². The number of nitrogens with zero attached hydrogens (tertiary/aromatic N) is 4. The van der Waals surface area contributed by atoms with Crippen LogP contribution in [0.25, 0.3) is 0 Å². The Bertz CT molecular complexity index is 432. The summed E-state index contributed by atoms with van der Waals surface area (Å²) in [4.78, 5) is 8.23. The zero-order valence-electron chi connectivity index (χ0n) is 10.9. The Labute approximate surface area is 108 Å². The first kappa shape index (κ1) is 12.8. The van der Waals surface area contributed by atoms with E-state index >= 15 is 0 Å². The number of unbranched alkanes of at least 4 members (excludes halogenated alkanes) is 1. The quantitative estimate of drug-likeness (QED) is 0.718. The van der Waals surface area contributed by atoms with Crippen LogP contribution in [-0.2, 0) is 13.1 Å². The second-order valence-electron chi connectivity index (χ2n) is 4.43. The molecule has 0 aliphatic heterocycles. The maximum absolute atomic E-state index is 4.20. The van der Waals surface area contributed by atoms with Gasteiger partial charge in [-0.2, -0.15) is 0 Å². The second kappa shape index (κ2) is 6.96. The van der Waals surface area contributed by atoms with Gasteiger partial charge in [-0.15, -0.1) is 0 Å². The molecule has 98 valence electrons. The van der Waals surface area contributed by atoms with Crippen LogP contribution in [-0.4, -0.2) is 32.2 Å². The first-order valence-electron chi connectivity index (χ1n) is 6.50. The van der Waals surface area contributed by atoms with E-state index in [1.165, 1.54) is 12.8 Å². The van der Waals surface area contributed by atoms with Gasteiger partial charge >= 0.3 is 0 Å². The highest BCUT2D eigenvalue weighted by molar-refractivity contribution is 4.88. The van der Waals surface area contributed by atoms with Gasteiger partial charge in [0.1, 0.15) is 5.82 Å². The van der Waals surface area contributed by atoms with Crippen LogP contribution < -0.4 is 5.32 Å². The van der Waals surface area contributed by atoms with E-state index in [-0.39, 0.29) is 0 Å². The fraction of sp³-hybridized carbons (Fsp3) is 0.538. The second-order valence-corrected chi connectivity index (χ2v) is 4.43. The maximum Gasteiger partial charge on any atom is 0.105 e. The lowest BCUT2D eigenvalue weighted by Crippen LogP contribution is -2.21. The number of nitrogens with one attached hydrogen (secondary N) is 1. The lowest BCUT2D eigenvalue weighted by atomic mass is 10.3. The molecule has 0 spiro atoms. The molecule has 1 N–H and O–H groups in total. The normalized spacial score (nSPS) is 10.9. The van der Waals surface area contributed by atoms with E-state index in [1.54, 1.807) is 0 Å². The average molecular weight is 247 g/mol. The SMILES string of the molecule is Cc1nccn1CCNCCCCn1ccnc1. The molecule has 0 radical (unpaired) electrons. The monoisotopic (exact) mass is 247 g/mol. The summed E-state index contributed by atoms with van der Waals surface area (Å²) in [6.07, 6.45) is 12.0. The van der Waals surface area contributed by atoms with Gasteiger partial charge in [0.25, 0.3) is 0 Å². The fourth-order valence-corrected chi connectivity index (χ4v) is 1.93. The number of rotatable bonds is 8. The number of hydrogen-bond acceptors (Lipinski definition) is 3. The summed E-state index contributed by atoms with van der Waals surface area (Å²) in [6.45, 7) is 6.16. The third kappa shape index (κ3) is 4.00. The van der Waals surface area contributed by atoms with Crippen molar-refractivity contribution in [2.45, 2.75) is 32.9 Å². The highest BCUT2D eigenvalue weighted by Gasteiger charge is 1.95. The van der Waals surface area contributed by atoms with Crippen LogP contribution in [0.2, 0.25) is 0 Å². The predicted octanol–water partition coefficient (Wildman–Crippen LogP) is 1.46. The molecule has 2 aromatic rings.